The molecule has 1 aliphatic carbocycles. The highest BCUT2D eigenvalue weighted by molar-refractivity contribution is 7.12. The van der Waals surface area contributed by atoms with E-state index < -0.39 is 0 Å². The highest BCUT2D eigenvalue weighted by Gasteiger charge is 2.44. The van der Waals surface area contributed by atoms with Crippen molar-refractivity contribution in [3.05, 3.63) is 50.0 Å². The van der Waals surface area contributed by atoms with Crippen molar-refractivity contribution >= 4 is 29.2 Å². The van der Waals surface area contributed by atoms with Gasteiger partial charge in [-0.15, -0.1) is 11.3 Å². The van der Waals surface area contributed by atoms with E-state index in [-0.39, 0.29) is 22.5 Å². The molecule has 5 rings (SSSR count). The number of benzene rings is 1. The monoisotopic (exact) mass is 449 g/mol. The number of hydrogen-bond donors (Lipinski definition) is 0. The second-order valence-corrected chi connectivity index (χ2v) is 11.8. The number of rotatable bonds is 1. The first-order chi connectivity index (χ1) is 15.2. The normalized spacial score (nSPS) is 19.8. The second-order valence-electron chi connectivity index (χ2n) is 10.8. The van der Waals surface area contributed by atoms with Gasteiger partial charge in [-0.25, -0.2) is 4.98 Å². The predicted molar refractivity (Wildman–Crippen MR) is 128 cm³/mol. The Labute approximate surface area is 194 Å². The molecule has 1 aromatic carbocycles. The molecule has 32 heavy (non-hydrogen) atoms. The molecule has 1 spiro atoms. The summed E-state index contributed by atoms with van der Waals surface area (Å²) in [5, 5.41) is 1.05. The van der Waals surface area contributed by atoms with E-state index in [4.69, 9.17) is 4.98 Å². The highest BCUT2D eigenvalue weighted by Crippen LogP contribution is 2.46. The molecular weight excluding hydrogens is 418 g/mol. The minimum Gasteiger partial charge on any atom is -0.339 e. The van der Waals surface area contributed by atoms with Crippen LogP contribution in [0.2, 0.25) is 0 Å². The van der Waals surface area contributed by atoms with Crippen LogP contribution in [0, 0.1) is 12.3 Å². The summed E-state index contributed by atoms with van der Waals surface area (Å²) in [6.45, 7) is 10.8. The number of nitrogens with zero attached hydrogens (tertiary/aromatic N) is 3. The van der Waals surface area contributed by atoms with Crippen LogP contribution in [0.5, 0.6) is 0 Å². The maximum absolute atomic E-state index is 13.3. The lowest BCUT2D eigenvalue weighted by molar-refractivity contribution is 0.0522. The van der Waals surface area contributed by atoms with E-state index in [1.807, 2.05) is 23.2 Å². The molecule has 0 saturated carbocycles. The summed E-state index contributed by atoms with van der Waals surface area (Å²) in [6, 6.07) is 4.03. The third kappa shape index (κ3) is 3.72. The number of carbonyl (C=O) groups is 2. The zero-order valence-corrected chi connectivity index (χ0v) is 20.3. The first-order valence-corrected chi connectivity index (χ1v) is 12.4. The van der Waals surface area contributed by atoms with Crippen LogP contribution in [-0.4, -0.2) is 47.4 Å². The Kier molecular flexibility index (Phi) is 5.12. The lowest BCUT2D eigenvalue weighted by Gasteiger charge is -2.43. The van der Waals surface area contributed by atoms with E-state index in [1.165, 1.54) is 11.1 Å². The molecule has 6 heteroatoms. The average molecular weight is 450 g/mol. The van der Waals surface area contributed by atoms with E-state index in [9.17, 15) is 9.59 Å². The average Bonchev–Trinajstić information content (AvgIpc) is 3.19. The molecule has 3 heterocycles. The van der Waals surface area contributed by atoms with Crippen LogP contribution in [0.4, 0.5) is 0 Å². The van der Waals surface area contributed by atoms with Crippen LogP contribution in [0.15, 0.2) is 17.1 Å². The first kappa shape index (κ1) is 21.5. The number of ketones is 1. The number of hydrogen-bond acceptors (Lipinski definition) is 5. The maximum Gasteiger partial charge on any atom is 0.253 e. The molecule has 0 N–H and O–H groups in total. The fraction of sp³-hybridized carbons (Fsp3) is 0.538. The standard InChI is InChI=1S/C26H31N3O2S/c1-16-11-17(12-18-15-27-8-5-19(16)18)23(31)29-9-6-26(7-10-29)13-20(30)22-21(14-26)32-24(28-22)25(2,3)4/h11-12,15H,5-10,13-14H2,1-4H3. The Balaban J connectivity index is 1.32. The number of piperidine rings is 1. The molecular formula is C26H31N3O2S. The van der Waals surface area contributed by atoms with Gasteiger partial charge in [0.1, 0.15) is 5.69 Å². The van der Waals surface area contributed by atoms with Crippen LogP contribution in [0.25, 0.3) is 0 Å². The van der Waals surface area contributed by atoms with Gasteiger partial charge in [0, 0.05) is 48.1 Å². The van der Waals surface area contributed by atoms with Gasteiger partial charge in [-0.1, -0.05) is 20.8 Å². The van der Waals surface area contributed by atoms with Crippen molar-refractivity contribution in [2.24, 2.45) is 10.4 Å². The number of aliphatic imine (C=N–C) groups is 1. The summed E-state index contributed by atoms with van der Waals surface area (Å²) in [4.78, 5) is 38.5. The van der Waals surface area contributed by atoms with Crippen LogP contribution < -0.4 is 0 Å². The Bertz CT molecular complexity index is 1130. The van der Waals surface area contributed by atoms with Crippen molar-refractivity contribution < 1.29 is 9.59 Å². The van der Waals surface area contributed by atoms with Gasteiger partial charge in [-0.3, -0.25) is 14.6 Å². The van der Waals surface area contributed by atoms with E-state index in [0.717, 1.165) is 53.2 Å². The maximum atomic E-state index is 13.3. The van der Waals surface area contributed by atoms with Crippen molar-refractivity contribution in [2.75, 3.05) is 19.6 Å². The number of Topliss-reactive ketones (excluding diaryl/α,β-unsaturated/α-hetero) is 1. The van der Waals surface area contributed by atoms with Gasteiger partial charge in [0.25, 0.3) is 5.91 Å². The van der Waals surface area contributed by atoms with Crippen LogP contribution in [0.3, 0.4) is 0 Å². The van der Waals surface area contributed by atoms with Crippen LogP contribution in [-0.2, 0) is 18.3 Å². The molecule has 1 amide bonds. The number of likely N-dealkylation sites (tertiary alicyclic amines) is 1. The summed E-state index contributed by atoms with van der Waals surface area (Å²) >= 11 is 1.71. The third-order valence-electron chi connectivity index (χ3n) is 7.26. The van der Waals surface area contributed by atoms with E-state index in [1.54, 1.807) is 11.3 Å². The minimum absolute atomic E-state index is 0.0268. The summed E-state index contributed by atoms with van der Waals surface area (Å²) in [5.41, 5.74) is 4.96. The van der Waals surface area contributed by atoms with Crippen molar-refractivity contribution in [3.8, 4) is 0 Å². The van der Waals surface area contributed by atoms with Gasteiger partial charge in [0.05, 0.1) is 5.01 Å². The van der Waals surface area contributed by atoms with Crippen molar-refractivity contribution in [3.63, 3.8) is 0 Å². The molecule has 2 aromatic rings. The van der Waals surface area contributed by atoms with E-state index >= 15 is 0 Å². The molecule has 1 saturated heterocycles. The topological polar surface area (TPSA) is 62.6 Å². The molecule has 0 bridgehead atoms. The van der Waals surface area contributed by atoms with Crippen molar-refractivity contribution in [1.82, 2.24) is 9.88 Å². The molecule has 1 fully saturated rings. The Morgan fingerprint density at radius 3 is 2.62 bits per heavy atom. The molecule has 1 aromatic heterocycles. The lowest BCUT2D eigenvalue weighted by atomic mass is 9.68. The number of amides is 1. The molecule has 3 aliphatic rings. The van der Waals surface area contributed by atoms with E-state index in [2.05, 4.69) is 32.7 Å². The van der Waals surface area contributed by atoms with Crippen LogP contribution in [0.1, 0.15) is 87.5 Å². The van der Waals surface area contributed by atoms with Gasteiger partial charge < -0.3 is 4.90 Å². The largest absolute Gasteiger partial charge is 0.339 e. The van der Waals surface area contributed by atoms with Gasteiger partial charge in [0.2, 0.25) is 0 Å². The number of carbonyl (C=O) groups excluding carboxylic acids is 2. The summed E-state index contributed by atoms with van der Waals surface area (Å²) in [7, 11) is 0. The molecule has 0 radical (unpaired) electrons. The Morgan fingerprint density at radius 2 is 1.91 bits per heavy atom. The smallest absolute Gasteiger partial charge is 0.253 e. The van der Waals surface area contributed by atoms with Gasteiger partial charge in [-0.2, -0.15) is 0 Å². The SMILES string of the molecule is Cc1cc(C(=O)N2CCC3(CC2)CC(=O)c2nc(C(C)(C)C)sc2C3)cc2c1CCN=C2. The summed E-state index contributed by atoms with van der Waals surface area (Å²) in [5.74, 6) is 0.280. The fourth-order valence-electron chi connectivity index (χ4n) is 5.32. The second kappa shape index (κ2) is 7.62. The highest BCUT2D eigenvalue weighted by atomic mass is 32.1. The lowest BCUT2D eigenvalue weighted by Crippen LogP contribution is -2.46. The van der Waals surface area contributed by atoms with Gasteiger partial charge >= 0.3 is 0 Å². The molecule has 2 aliphatic heterocycles. The van der Waals surface area contributed by atoms with E-state index in [0.29, 0.717) is 25.2 Å². The number of fused-ring (bicyclic) bond motifs is 2. The minimum atomic E-state index is -0.0387. The van der Waals surface area contributed by atoms with Gasteiger partial charge in [0.15, 0.2) is 5.78 Å². The number of aryl methyl sites for hydroxylation is 1. The third-order valence-corrected chi connectivity index (χ3v) is 8.74. The number of thiazole rings is 1. The quantitative estimate of drug-likeness (QED) is 0.630. The fourth-order valence-corrected chi connectivity index (χ4v) is 6.63. The molecule has 5 nitrogen and oxygen atoms in total. The van der Waals surface area contributed by atoms with Crippen molar-refractivity contribution in [1.29, 1.82) is 0 Å². The Morgan fingerprint density at radius 1 is 1.16 bits per heavy atom. The van der Waals surface area contributed by atoms with Crippen LogP contribution >= 0.6 is 11.3 Å². The zero-order chi connectivity index (χ0) is 22.7. The molecule has 0 atom stereocenters. The summed E-state index contributed by atoms with van der Waals surface area (Å²) < 4.78 is 0. The predicted octanol–water partition coefficient (Wildman–Crippen LogP) is 4.78. The summed E-state index contributed by atoms with van der Waals surface area (Å²) in [6.07, 6.45) is 6.07. The number of aromatic nitrogens is 1. The Hall–Kier alpha value is -2.34. The zero-order valence-electron chi connectivity index (χ0n) is 19.5. The van der Waals surface area contributed by atoms with Crippen molar-refractivity contribution in [2.45, 2.75) is 65.2 Å². The molecule has 168 valence electrons. The first-order valence-electron chi connectivity index (χ1n) is 11.6. The molecule has 0 unspecified atom stereocenters. The van der Waals surface area contributed by atoms with Gasteiger partial charge in [-0.05, 0) is 66.8 Å².